The van der Waals surface area contributed by atoms with Crippen molar-refractivity contribution in [3.8, 4) is 12.1 Å². The Hall–Kier alpha value is -0.550. The molecular weight excluding hydrogens is 568 g/mol. The van der Waals surface area contributed by atoms with E-state index in [4.69, 9.17) is 25.4 Å². The summed E-state index contributed by atoms with van der Waals surface area (Å²) in [6, 6.07) is 3.50. The van der Waals surface area contributed by atoms with E-state index in [0.29, 0.717) is 24.3 Å². The molecule has 2 aliphatic heterocycles. The van der Waals surface area contributed by atoms with Crippen molar-refractivity contribution in [3.05, 3.63) is 12.3 Å². The van der Waals surface area contributed by atoms with E-state index in [0.717, 1.165) is 12.4 Å². The zero-order chi connectivity index (χ0) is 21.6. The van der Waals surface area contributed by atoms with Crippen LogP contribution in [0.25, 0.3) is 0 Å². The summed E-state index contributed by atoms with van der Waals surface area (Å²) in [5.74, 6) is 2.49. The number of alkyl halides is 1. The van der Waals surface area contributed by atoms with Crippen LogP contribution in [-0.2, 0) is 9.47 Å². The minimum absolute atomic E-state index is 0. The minimum atomic E-state index is -0.0278. The third-order valence-corrected chi connectivity index (χ3v) is 4.75. The molecule has 158 valence electrons. The zero-order valence-electron chi connectivity index (χ0n) is 18.2. The summed E-state index contributed by atoms with van der Waals surface area (Å²) in [6.07, 6.45) is 0. The van der Waals surface area contributed by atoms with Gasteiger partial charge in [-0.3, -0.25) is 5.41 Å². The lowest BCUT2D eigenvalue weighted by atomic mass is 9.81. The number of allylic oxidation sites excluding steroid dienone is 1. The molecule has 0 bridgehead atoms. The molecule has 0 radical (unpaired) electrons. The summed E-state index contributed by atoms with van der Waals surface area (Å²) in [4.78, 5) is 1.97. The lowest BCUT2D eigenvalue weighted by Gasteiger charge is -2.20. The van der Waals surface area contributed by atoms with Crippen LogP contribution in [0.1, 0.15) is 55.4 Å². The molecule has 0 aromatic heterocycles. The molecule has 27 heavy (non-hydrogen) atoms. The maximum Gasteiger partial charge on any atom is 0.186 e. The van der Waals surface area contributed by atoms with E-state index in [-0.39, 0.29) is 34.8 Å². The molecule has 2 heterocycles. The third-order valence-electron chi connectivity index (χ3n) is 4.75. The molecule has 2 unspecified atom stereocenters. The molecule has 2 aliphatic rings. The average molecular weight is 604 g/mol. The smallest absolute Gasteiger partial charge is 0.186 e. The van der Waals surface area contributed by atoms with Gasteiger partial charge in [-0.2, -0.15) is 10.5 Å². The van der Waals surface area contributed by atoms with Gasteiger partial charge in [0.25, 0.3) is 0 Å². The van der Waals surface area contributed by atoms with Crippen molar-refractivity contribution in [2.45, 2.75) is 55.4 Å². The zero-order valence-corrected chi connectivity index (χ0v) is 22.6. The number of hydrogen-bond donors (Lipinski definition) is 1. The predicted molar refractivity (Wildman–Crippen MR) is 117 cm³/mol. The van der Waals surface area contributed by atoms with Gasteiger partial charge < -0.3 is 33.5 Å². The first-order chi connectivity index (χ1) is 11.9. The lowest BCUT2D eigenvalue weighted by Crippen LogP contribution is -3.00. The van der Waals surface area contributed by atoms with Gasteiger partial charge in [0.15, 0.2) is 5.90 Å². The summed E-state index contributed by atoms with van der Waals surface area (Å²) in [5, 5.41) is 22.0. The fourth-order valence-corrected chi connectivity index (χ4v) is 1.72. The van der Waals surface area contributed by atoms with Crippen molar-refractivity contribution in [2.75, 3.05) is 18.1 Å². The highest BCUT2D eigenvalue weighted by Crippen LogP contribution is 2.40. The molecule has 2 fully saturated rings. The predicted octanol–water partition coefficient (Wildman–Crippen LogP) is 2.96. The molecule has 0 saturated carbocycles. The largest absolute Gasteiger partial charge is 1.00 e. The van der Waals surface area contributed by atoms with E-state index in [1.165, 1.54) is 13.8 Å². The van der Waals surface area contributed by atoms with Crippen LogP contribution in [0.4, 0.5) is 0 Å². The Morgan fingerprint density at radius 2 is 1.26 bits per heavy atom. The van der Waals surface area contributed by atoms with E-state index in [9.17, 15) is 0 Å². The molecule has 7 heteroatoms. The molecule has 0 spiro atoms. The number of nitriles is 2. The maximum atomic E-state index is 7.36. The van der Waals surface area contributed by atoms with Crippen molar-refractivity contribution in [3.63, 3.8) is 0 Å². The van der Waals surface area contributed by atoms with Gasteiger partial charge in [-0.05, 0) is 4.93 Å². The third kappa shape index (κ3) is 12.5. The van der Waals surface area contributed by atoms with Crippen LogP contribution in [0.2, 0.25) is 0 Å². The molecule has 2 atom stereocenters. The highest BCUT2D eigenvalue weighted by molar-refractivity contribution is 14.1. The van der Waals surface area contributed by atoms with E-state index < -0.39 is 0 Å². The topological polar surface area (TPSA) is 89.9 Å². The van der Waals surface area contributed by atoms with Gasteiger partial charge in [0.1, 0.15) is 0 Å². The highest BCUT2D eigenvalue weighted by Gasteiger charge is 2.38. The van der Waals surface area contributed by atoms with Crippen LogP contribution in [0.5, 0.6) is 0 Å². The van der Waals surface area contributed by atoms with Crippen molar-refractivity contribution >= 4 is 28.5 Å². The van der Waals surface area contributed by atoms with Crippen molar-refractivity contribution in [1.29, 1.82) is 15.9 Å². The average Bonchev–Trinajstić information content (AvgIpc) is 2.95. The standard InChI is InChI=1S/C8H14O.C7H13NO.2C2H3N.CH3I.HI/c1-6-5-9-7(2)8(6,3)4;1-5-4-9-6(8)7(5,2)3;2*1-2-3;1-2;/h6H,2,5H2,1,3-4H3;5,8H,4H2,1-3H3;2*1H3;1H3;1H/p-1. The van der Waals surface area contributed by atoms with Crippen LogP contribution in [0, 0.1) is 50.7 Å². The maximum absolute atomic E-state index is 7.36. The Balaban J connectivity index is -0.000000139. The Bertz CT molecular complexity index is 460. The molecular formula is C20H36I2N3O2-. The minimum Gasteiger partial charge on any atom is -1.00 e. The van der Waals surface area contributed by atoms with Crippen LogP contribution in [0.15, 0.2) is 12.3 Å². The van der Waals surface area contributed by atoms with Crippen LogP contribution >= 0.6 is 22.6 Å². The normalized spacial score (nSPS) is 22.4. The number of nitrogens with one attached hydrogen (secondary N) is 1. The van der Waals surface area contributed by atoms with Crippen LogP contribution in [0.3, 0.4) is 0 Å². The molecule has 0 aromatic rings. The van der Waals surface area contributed by atoms with Crippen LogP contribution < -0.4 is 24.0 Å². The van der Waals surface area contributed by atoms with Gasteiger partial charge >= 0.3 is 0 Å². The fraction of sp³-hybridized carbons (Fsp3) is 0.750. The highest BCUT2D eigenvalue weighted by atomic mass is 127. The second kappa shape index (κ2) is 17.5. The number of nitrogens with zero attached hydrogens (tertiary/aromatic N) is 2. The van der Waals surface area contributed by atoms with Gasteiger partial charge in [0, 0.05) is 36.5 Å². The molecule has 0 aromatic carbocycles. The summed E-state index contributed by atoms with van der Waals surface area (Å²) in [7, 11) is 0. The van der Waals surface area contributed by atoms with Crippen molar-refractivity contribution in [2.24, 2.45) is 22.7 Å². The molecule has 0 amide bonds. The lowest BCUT2D eigenvalue weighted by molar-refractivity contribution is -0.00000798. The summed E-state index contributed by atoms with van der Waals surface area (Å²) in [6.45, 7) is 21.0. The van der Waals surface area contributed by atoms with Gasteiger partial charge in [-0.25, -0.2) is 0 Å². The fourth-order valence-electron chi connectivity index (χ4n) is 1.72. The van der Waals surface area contributed by atoms with E-state index >= 15 is 0 Å². The summed E-state index contributed by atoms with van der Waals surface area (Å²) in [5.41, 5.74) is 0.167. The Morgan fingerprint density at radius 1 is 0.963 bits per heavy atom. The molecule has 0 aliphatic carbocycles. The van der Waals surface area contributed by atoms with Gasteiger partial charge in [0.05, 0.1) is 31.1 Å². The van der Waals surface area contributed by atoms with Gasteiger partial charge in [-0.1, -0.05) is 70.7 Å². The number of rotatable bonds is 0. The summed E-state index contributed by atoms with van der Waals surface area (Å²) >= 11 is 2.15. The van der Waals surface area contributed by atoms with E-state index in [1.807, 2.05) is 18.8 Å². The molecule has 2 rings (SSSR count). The van der Waals surface area contributed by atoms with Gasteiger partial charge in [-0.15, -0.1) is 0 Å². The number of halogens is 2. The second-order valence-electron chi connectivity index (χ2n) is 7.07. The Morgan fingerprint density at radius 3 is 1.33 bits per heavy atom. The summed E-state index contributed by atoms with van der Waals surface area (Å²) < 4.78 is 10.3. The monoisotopic (exact) mass is 604 g/mol. The van der Waals surface area contributed by atoms with Gasteiger partial charge in [0.2, 0.25) is 0 Å². The second-order valence-corrected chi connectivity index (χ2v) is 7.07. The number of ether oxygens (including phenoxy) is 2. The number of hydrogen-bond acceptors (Lipinski definition) is 5. The molecule has 5 nitrogen and oxygen atoms in total. The van der Waals surface area contributed by atoms with Crippen molar-refractivity contribution in [1.82, 2.24) is 0 Å². The first-order valence-electron chi connectivity index (χ1n) is 8.46. The van der Waals surface area contributed by atoms with Crippen LogP contribution in [-0.4, -0.2) is 24.0 Å². The SMILES string of the molecule is C=C1OCC(C)C1(C)C.CC#N.CC#N.CC1COC(=N)C1(C)C.CI.[I-]. The Labute approximate surface area is 197 Å². The molecule has 1 N–H and O–H groups in total. The first kappa shape index (κ1) is 34.0. The van der Waals surface area contributed by atoms with E-state index in [1.54, 1.807) is 12.1 Å². The van der Waals surface area contributed by atoms with Crippen molar-refractivity contribution < 1.29 is 33.5 Å². The first-order valence-corrected chi connectivity index (χ1v) is 10.6. The van der Waals surface area contributed by atoms with E-state index in [2.05, 4.69) is 56.9 Å². The quantitative estimate of drug-likeness (QED) is 0.341. The Kier molecular flexibility index (Phi) is 22.1. The molecule has 2 saturated heterocycles.